The van der Waals surface area contributed by atoms with E-state index in [1.165, 1.54) is 29.1 Å². The number of nitrogens with one attached hydrogen (secondary N) is 1. The molecule has 98 valence electrons. The Morgan fingerprint density at radius 1 is 1.42 bits per heavy atom. The summed E-state index contributed by atoms with van der Waals surface area (Å²) in [5, 5.41) is 9.99. The van der Waals surface area contributed by atoms with Crippen LogP contribution >= 0.6 is 11.3 Å². The van der Waals surface area contributed by atoms with Gasteiger partial charge in [0.05, 0.1) is 48.3 Å². The third-order valence-electron chi connectivity index (χ3n) is 3.87. The molecule has 1 aromatic carbocycles. The van der Waals surface area contributed by atoms with Crippen LogP contribution in [-0.4, -0.2) is 24.6 Å². The fourth-order valence-corrected chi connectivity index (χ4v) is 3.99. The summed E-state index contributed by atoms with van der Waals surface area (Å²) in [6.07, 6.45) is 3.17. The fraction of sp³-hybridized carbons (Fsp3) is 0.467. The van der Waals surface area contributed by atoms with E-state index in [1.54, 1.807) is 4.90 Å². The van der Waals surface area contributed by atoms with E-state index < -0.39 is 0 Å². The van der Waals surface area contributed by atoms with Gasteiger partial charge in [0.2, 0.25) is 0 Å². The summed E-state index contributed by atoms with van der Waals surface area (Å²) in [4.78, 5) is 6.36. The number of nitrogens with zero attached hydrogens (tertiary/aromatic N) is 2. The van der Waals surface area contributed by atoms with Gasteiger partial charge in [-0.1, -0.05) is 12.1 Å². The minimum absolute atomic E-state index is 0.583. The molecule has 1 aliphatic heterocycles. The average molecular weight is 272 g/mol. The van der Waals surface area contributed by atoms with Crippen LogP contribution in [0.1, 0.15) is 30.2 Å². The first-order valence-electron chi connectivity index (χ1n) is 6.93. The number of rotatable bonds is 3. The van der Waals surface area contributed by atoms with Crippen LogP contribution in [0.5, 0.6) is 0 Å². The van der Waals surface area contributed by atoms with Crippen LogP contribution in [0.4, 0.5) is 0 Å². The Balaban J connectivity index is 1.75. The summed E-state index contributed by atoms with van der Waals surface area (Å²) < 4.78 is 1.29. The Kier molecular flexibility index (Phi) is 3.77. The lowest BCUT2D eigenvalue weighted by molar-refractivity contribution is -0.905. The minimum Gasteiger partial charge on any atom is -0.333 e. The van der Waals surface area contributed by atoms with Gasteiger partial charge in [-0.05, 0) is 25.0 Å². The molecule has 1 unspecified atom stereocenters. The first-order valence-corrected chi connectivity index (χ1v) is 7.74. The molecular weight excluding hydrogens is 254 g/mol. The van der Waals surface area contributed by atoms with E-state index in [4.69, 9.17) is 10.2 Å². The predicted octanol–water partition coefficient (Wildman–Crippen LogP) is 1.97. The van der Waals surface area contributed by atoms with E-state index >= 15 is 0 Å². The summed E-state index contributed by atoms with van der Waals surface area (Å²) in [5.74, 6) is 0.583. The van der Waals surface area contributed by atoms with Gasteiger partial charge in [0.1, 0.15) is 5.01 Å². The van der Waals surface area contributed by atoms with Gasteiger partial charge in [0.15, 0.2) is 0 Å². The molecule has 1 fully saturated rings. The van der Waals surface area contributed by atoms with Gasteiger partial charge in [-0.15, -0.1) is 11.3 Å². The second-order valence-corrected chi connectivity index (χ2v) is 6.28. The lowest BCUT2D eigenvalue weighted by Crippen LogP contribution is -3.13. The van der Waals surface area contributed by atoms with Gasteiger partial charge in [0, 0.05) is 0 Å². The number of fused-ring (bicyclic) bond motifs is 1. The number of benzene rings is 1. The number of hydrogen-bond donors (Lipinski definition) is 1. The van der Waals surface area contributed by atoms with Gasteiger partial charge >= 0.3 is 0 Å². The number of quaternary nitrogens is 1. The molecule has 0 aliphatic carbocycles. The highest BCUT2D eigenvalue weighted by molar-refractivity contribution is 7.18. The fourth-order valence-electron chi connectivity index (χ4n) is 2.89. The second kappa shape index (κ2) is 5.68. The van der Waals surface area contributed by atoms with Crippen molar-refractivity contribution in [1.29, 1.82) is 5.26 Å². The smallest absolute Gasteiger partial charge is 0.103 e. The van der Waals surface area contributed by atoms with Crippen LogP contribution in [0.2, 0.25) is 0 Å². The van der Waals surface area contributed by atoms with Crippen molar-refractivity contribution in [3.63, 3.8) is 0 Å². The van der Waals surface area contributed by atoms with Crippen molar-refractivity contribution in [2.45, 2.75) is 25.2 Å². The zero-order valence-electron chi connectivity index (χ0n) is 10.9. The minimum atomic E-state index is 0.583. The van der Waals surface area contributed by atoms with Crippen molar-refractivity contribution in [2.24, 2.45) is 0 Å². The first kappa shape index (κ1) is 12.6. The average Bonchev–Trinajstić information content (AvgIpc) is 2.89. The molecular formula is C15H18N3S+. The van der Waals surface area contributed by atoms with Crippen LogP contribution in [0.25, 0.3) is 10.2 Å². The first-order chi connectivity index (χ1) is 9.36. The molecule has 0 amide bonds. The van der Waals surface area contributed by atoms with Crippen molar-refractivity contribution in [1.82, 2.24) is 4.98 Å². The molecule has 1 aromatic heterocycles. The van der Waals surface area contributed by atoms with E-state index in [0.29, 0.717) is 12.3 Å². The SMILES string of the molecule is N#CCC[NH+]1CCC[C@@H](c2nc3ccccc3s2)C1. The molecule has 4 heteroatoms. The Bertz CT molecular complexity index is 566. The third kappa shape index (κ3) is 2.78. The highest BCUT2D eigenvalue weighted by Crippen LogP contribution is 2.30. The van der Waals surface area contributed by atoms with Gasteiger partial charge in [-0.2, -0.15) is 5.26 Å². The van der Waals surface area contributed by atoms with Crippen LogP contribution in [0, 0.1) is 11.3 Å². The maximum atomic E-state index is 8.70. The van der Waals surface area contributed by atoms with Crippen molar-refractivity contribution in [3.05, 3.63) is 29.3 Å². The summed E-state index contributed by atoms with van der Waals surface area (Å²) >= 11 is 1.84. The van der Waals surface area contributed by atoms with Crippen LogP contribution in [0.15, 0.2) is 24.3 Å². The quantitative estimate of drug-likeness (QED) is 0.928. The van der Waals surface area contributed by atoms with Gasteiger partial charge in [0.25, 0.3) is 0 Å². The maximum absolute atomic E-state index is 8.70. The Hall–Kier alpha value is -1.44. The van der Waals surface area contributed by atoms with Crippen LogP contribution in [0.3, 0.4) is 0 Å². The van der Waals surface area contributed by atoms with Crippen LogP contribution in [-0.2, 0) is 0 Å². The standard InChI is InChI=1S/C15H17N3S/c16-8-4-10-18-9-3-5-12(11-18)15-17-13-6-1-2-7-14(13)19-15/h1-2,6-7,12H,3-5,9-11H2/p+1/t12-/m1/s1. The molecule has 19 heavy (non-hydrogen) atoms. The zero-order chi connectivity index (χ0) is 13.1. The van der Waals surface area contributed by atoms with Crippen LogP contribution < -0.4 is 4.90 Å². The third-order valence-corrected chi connectivity index (χ3v) is 5.07. The summed E-state index contributed by atoms with van der Waals surface area (Å²) in [7, 11) is 0. The molecule has 1 aliphatic rings. The Labute approximate surface area is 117 Å². The predicted molar refractivity (Wildman–Crippen MR) is 77.4 cm³/mol. The summed E-state index contributed by atoms with van der Waals surface area (Å²) in [6, 6.07) is 10.6. The highest BCUT2D eigenvalue weighted by atomic mass is 32.1. The van der Waals surface area contributed by atoms with Gasteiger partial charge < -0.3 is 4.90 Å². The maximum Gasteiger partial charge on any atom is 0.103 e. The summed E-state index contributed by atoms with van der Waals surface area (Å²) in [5.41, 5.74) is 1.13. The van der Waals surface area contributed by atoms with E-state index in [9.17, 15) is 0 Å². The molecule has 3 nitrogen and oxygen atoms in total. The number of aromatic nitrogens is 1. The molecule has 0 saturated carbocycles. The molecule has 1 saturated heterocycles. The number of hydrogen-bond acceptors (Lipinski definition) is 3. The zero-order valence-corrected chi connectivity index (χ0v) is 11.7. The topological polar surface area (TPSA) is 41.1 Å². The monoisotopic (exact) mass is 272 g/mol. The second-order valence-electron chi connectivity index (χ2n) is 5.22. The molecule has 2 atom stereocenters. The molecule has 3 rings (SSSR count). The van der Waals surface area contributed by atoms with E-state index in [0.717, 1.165) is 18.6 Å². The van der Waals surface area contributed by atoms with Crippen molar-refractivity contribution in [3.8, 4) is 6.07 Å². The number of likely N-dealkylation sites (tertiary alicyclic amines) is 1. The van der Waals surface area contributed by atoms with E-state index in [1.807, 2.05) is 11.3 Å². The lowest BCUT2D eigenvalue weighted by atomic mass is 9.98. The van der Waals surface area contributed by atoms with Crippen molar-refractivity contribution >= 4 is 21.6 Å². The molecule has 0 spiro atoms. The molecule has 1 N–H and O–H groups in total. The Morgan fingerprint density at radius 2 is 2.32 bits per heavy atom. The van der Waals surface area contributed by atoms with Crippen molar-refractivity contribution in [2.75, 3.05) is 19.6 Å². The van der Waals surface area contributed by atoms with E-state index in [-0.39, 0.29) is 0 Å². The number of para-hydroxylation sites is 1. The normalized spacial score (nSPS) is 23.3. The number of thiazole rings is 1. The van der Waals surface area contributed by atoms with Gasteiger partial charge in [-0.25, -0.2) is 4.98 Å². The largest absolute Gasteiger partial charge is 0.333 e. The molecule has 0 bridgehead atoms. The van der Waals surface area contributed by atoms with E-state index in [2.05, 4.69) is 30.3 Å². The molecule has 2 aromatic rings. The number of nitriles is 1. The summed E-state index contributed by atoms with van der Waals surface area (Å²) in [6.45, 7) is 3.34. The highest BCUT2D eigenvalue weighted by Gasteiger charge is 2.26. The molecule has 0 radical (unpaired) electrons. The molecule has 2 heterocycles. The number of piperidine rings is 1. The lowest BCUT2D eigenvalue weighted by Gasteiger charge is -2.28. The van der Waals surface area contributed by atoms with Gasteiger partial charge in [-0.3, -0.25) is 0 Å². The van der Waals surface area contributed by atoms with Crippen molar-refractivity contribution < 1.29 is 4.90 Å². The Morgan fingerprint density at radius 3 is 3.16 bits per heavy atom.